The van der Waals surface area contributed by atoms with Crippen LogP contribution in [0.3, 0.4) is 0 Å². The third-order valence-electron chi connectivity index (χ3n) is 6.15. The summed E-state index contributed by atoms with van der Waals surface area (Å²) in [4.78, 5) is 23.4. The van der Waals surface area contributed by atoms with Crippen LogP contribution in [0, 0.1) is 28.6 Å². The molecule has 0 bridgehead atoms. The van der Waals surface area contributed by atoms with E-state index in [0.29, 0.717) is 11.4 Å². The minimum Gasteiger partial charge on any atom is -0.381 e. The van der Waals surface area contributed by atoms with Crippen LogP contribution in [0.4, 0.5) is 0 Å². The van der Waals surface area contributed by atoms with Gasteiger partial charge in [-0.15, -0.1) is 9.24 Å². The van der Waals surface area contributed by atoms with Crippen LogP contribution < -0.4 is 5.73 Å². The number of nitrogens with two attached hydrogens (primary N) is 1. The molecule has 5 atom stereocenters. The number of carbonyl (C=O) groups excluding carboxylic acids is 1. The molecule has 9 heteroatoms. The summed E-state index contributed by atoms with van der Waals surface area (Å²) in [5.41, 5.74) is 8.23. The second kappa shape index (κ2) is 10.6. The lowest BCUT2D eigenvalue weighted by Crippen LogP contribution is -2.44. The van der Waals surface area contributed by atoms with E-state index in [0.717, 1.165) is 30.1 Å². The van der Waals surface area contributed by atoms with Crippen LogP contribution in [0.25, 0.3) is 0 Å². The molecule has 0 radical (unpaired) electrons. The fraction of sp³-hybridized carbons (Fsp3) is 0.435. The molecule has 1 aliphatic carbocycles. The van der Waals surface area contributed by atoms with Gasteiger partial charge in [-0.1, -0.05) is 13.0 Å². The van der Waals surface area contributed by atoms with Crippen molar-refractivity contribution < 1.29 is 9.53 Å². The molecule has 32 heavy (non-hydrogen) atoms. The molecule has 3 rings (SSSR count). The highest BCUT2D eigenvalue weighted by Gasteiger charge is 2.41. The first kappa shape index (κ1) is 23.8. The maximum absolute atomic E-state index is 13.8. The molecule has 0 fully saturated rings. The Bertz CT molecular complexity index is 1010. The minimum atomic E-state index is -0.504. The van der Waals surface area contributed by atoms with Crippen molar-refractivity contribution in [2.75, 3.05) is 13.3 Å². The van der Waals surface area contributed by atoms with Crippen molar-refractivity contribution in [3.63, 3.8) is 0 Å². The van der Waals surface area contributed by atoms with Crippen molar-refractivity contribution >= 4 is 21.1 Å². The number of nitrogens with zero attached hydrogens (tertiary/aromatic N) is 4. The van der Waals surface area contributed by atoms with Gasteiger partial charge in [0.25, 0.3) is 0 Å². The molecule has 0 saturated heterocycles. The number of methoxy groups -OCH3 is 1. The van der Waals surface area contributed by atoms with Gasteiger partial charge in [-0.2, -0.15) is 5.26 Å². The van der Waals surface area contributed by atoms with Crippen molar-refractivity contribution in [3.8, 4) is 6.07 Å². The topological polar surface area (TPSA) is 129 Å². The van der Waals surface area contributed by atoms with Gasteiger partial charge < -0.3 is 10.5 Å². The van der Waals surface area contributed by atoms with Crippen LogP contribution in [-0.4, -0.2) is 46.1 Å². The van der Waals surface area contributed by atoms with Crippen LogP contribution >= 0.6 is 9.24 Å². The average molecular weight is 452 g/mol. The van der Waals surface area contributed by atoms with E-state index in [4.69, 9.17) is 15.9 Å². The molecular weight excluding hydrogens is 423 g/mol. The Morgan fingerprint density at radius 3 is 2.75 bits per heavy atom. The maximum atomic E-state index is 13.8. The first-order valence-electron chi connectivity index (χ1n) is 10.6. The SMILES string of the molecule is CO[C@@H](CP)C(C)CC1Cc2ccc(C#N)cc2C1C(=O)N(Cc1ncccn1)C(=N)N. The average Bonchev–Trinajstić information content (AvgIpc) is 3.15. The summed E-state index contributed by atoms with van der Waals surface area (Å²) in [7, 11) is 4.42. The van der Waals surface area contributed by atoms with Gasteiger partial charge in [0.05, 0.1) is 30.2 Å². The number of rotatable bonds is 8. The van der Waals surface area contributed by atoms with Gasteiger partial charge in [0.1, 0.15) is 5.82 Å². The number of hydrogen-bond donors (Lipinski definition) is 2. The van der Waals surface area contributed by atoms with Crippen molar-refractivity contribution in [1.82, 2.24) is 14.9 Å². The molecule has 1 aromatic carbocycles. The molecule has 3 N–H and O–H groups in total. The molecule has 8 nitrogen and oxygen atoms in total. The number of fused-ring (bicyclic) bond motifs is 1. The van der Waals surface area contributed by atoms with E-state index in [2.05, 4.69) is 32.2 Å². The van der Waals surface area contributed by atoms with E-state index in [1.807, 2.05) is 6.07 Å². The summed E-state index contributed by atoms with van der Waals surface area (Å²) in [6.07, 6.45) is 5.55. The third-order valence-corrected chi connectivity index (χ3v) is 6.61. The van der Waals surface area contributed by atoms with E-state index in [-0.39, 0.29) is 36.4 Å². The monoisotopic (exact) mass is 452 g/mol. The molecule has 0 saturated carbocycles. The lowest BCUT2D eigenvalue weighted by Gasteiger charge is -2.30. The number of amides is 1. The number of benzene rings is 1. The Balaban J connectivity index is 1.96. The number of hydrogen-bond acceptors (Lipinski definition) is 6. The Labute approximate surface area is 190 Å². The quantitative estimate of drug-likeness (QED) is 0.360. The van der Waals surface area contributed by atoms with E-state index < -0.39 is 5.92 Å². The van der Waals surface area contributed by atoms with Crippen LogP contribution in [0.15, 0.2) is 36.7 Å². The van der Waals surface area contributed by atoms with Gasteiger partial charge >= 0.3 is 0 Å². The fourth-order valence-electron chi connectivity index (χ4n) is 4.54. The summed E-state index contributed by atoms with van der Waals surface area (Å²) in [6.45, 7) is 2.15. The van der Waals surface area contributed by atoms with Gasteiger partial charge in [-0.05, 0) is 60.2 Å². The molecule has 0 spiro atoms. The van der Waals surface area contributed by atoms with Crippen LogP contribution in [0.5, 0.6) is 0 Å². The van der Waals surface area contributed by atoms with Gasteiger partial charge in [-0.25, -0.2) is 9.97 Å². The molecule has 1 heterocycles. The summed E-state index contributed by atoms with van der Waals surface area (Å²) in [5, 5.41) is 17.4. The highest BCUT2D eigenvalue weighted by Crippen LogP contribution is 2.43. The van der Waals surface area contributed by atoms with E-state index in [1.165, 1.54) is 4.90 Å². The highest BCUT2D eigenvalue weighted by atomic mass is 31.0. The van der Waals surface area contributed by atoms with Gasteiger partial charge in [-0.3, -0.25) is 15.1 Å². The zero-order valence-electron chi connectivity index (χ0n) is 18.4. The van der Waals surface area contributed by atoms with Crippen molar-refractivity contribution in [1.29, 1.82) is 10.7 Å². The summed E-state index contributed by atoms with van der Waals surface area (Å²) < 4.78 is 5.62. The fourth-order valence-corrected chi connectivity index (χ4v) is 5.20. The number of guanidine groups is 1. The summed E-state index contributed by atoms with van der Waals surface area (Å²) in [6, 6.07) is 9.37. The van der Waals surface area contributed by atoms with Crippen LogP contribution in [-0.2, 0) is 22.5 Å². The van der Waals surface area contributed by atoms with Crippen molar-refractivity contribution in [2.45, 2.75) is 38.3 Å². The number of nitrogens with one attached hydrogen (secondary N) is 1. The number of ether oxygens (including phenoxy) is 1. The van der Waals surface area contributed by atoms with Crippen LogP contribution in [0.1, 0.15) is 41.8 Å². The first-order chi connectivity index (χ1) is 15.4. The number of carbonyl (C=O) groups is 1. The molecule has 0 aliphatic heterocycles. The van der Waals surface area contributed by atoms with E-state index in [9.17, 15) is 10.1 Å². The summed E-state index contributed by atoms with van der Waals surface area (Å²) >= 11 is 0. The second-order valence-electron chi connectivity index (χ2n) is 8.16. The predicted octanol–water partition coefficient (Wildman–Crippen LogP) is 2.44. The first-order valence-corrected chi connectivity index (χ1v) is 11.4. The molecule has 4 unspecified atom stereocenters. The Hall–Kier alpha value is -2.88. The predicted molar refractivity (Wildman–Crippen MR) is 125 cm³/mol. The van der Waals surface area contributed by atoms with E-state index >= 15 is 0 Å². The third kappa shape index (κ3) is 5.12. The smallest absolute Gasteiger partial charge is 0.237 e. The van der Waals surface area contributed by atoms with Gasteiger partial charge in [0, 0.05) is 19.5 Å². The highest BCUT2D eigenvalue weighted by molar-refractivity contribution is 7.16. The molecular formula is C23H29N6O2P. The Kier molecular flexibility index (Phi) is 7.89. The number of nitriles is 1. The lowest BCUT2D eigenvalue weighted by atomic mass is 9.83. The molecule has 1 amide bonds. The zero-order valence-corrected chi connectivity index (χ0v) is 19.5. The van der Waals surface area contributed by atoms with E-state index in [1.54, 1.807) is 37.7 Å². The number of aromatic nitrogens is 2. The Morgan fingerprint density at radius 2 is 2.16 bits per heavy atom. The molecule has 1 aliphatic rings. The zero-order chi connectivity index (χ0) is 23.3. The molecule has 1 aromatic heterocycles. The second-order valence-corrected chi connectivity index (χ2v) is 8.64. The molecule has 168 valence electrons. The standard InChI is InChI=1S/C23H29N6O2P/c1-14(19(13-32)31-2)8-17-10-16-5-4-15(11-24)9-18(16)21(17)22(30)29(23(25)26)12-20-27-6-3-7-28-20/h3-7,9,14,17,19,21H,8,10,12-13,32H2,1-2H3,(H3,25,26)/t14?,17?,19-,21?/m0/s1. The summed E-state index contributed by atoms with van der Waals surface area (Å²) in [5.74, 6) is -0.475. The Morgan fingerprint density at radius 1 is 1.44 bits per heavy atom. The van der Waals surface area contributed by atoms with Crippen LogP contribution in [0.2, 0.25) is 0 Å². The maximum Gasteiger partial charge on any atom is 0.237 e. The molecule has 2 aromatic rings. The lowest BCUT2D eigenvalue weighted by molar-refractivity contribution is -0.130. The van der Waals surface area contributed by atoms with Gasteiger partial charge in [0.2, 0.25) is 5.91 Å². The van der Waals surface area contributed by atoms with Crippen molar-refractivity contribution in [3.05, 3.63) is 59.2 Å². The minimum absolute atomic E-state index is 0.00850. The normalized spacial score (nSPS) is 18.9. The van der Waals surface area contributed by atoms with Crippen molar-refractivity contribution in [2.24, 2.45) is 17.6 Å². The largest absolute Gasteiger partial charge is 0.381 e. The van der Waals surface area contributed by atoms with Gasteiger partial charge in [0.15, 0.2) is 5.96 Å².